The molecular weight excluding hydrogens is 450 g/mol. The summed E-state index contributed by atoms with van der Waals surface area (Å²) in [6.07, 6.45) is 1.60. The van der Waals surface area contributed by atoms with Crippen LogP contribution in [0.25, 0.3) is 16.6 Å². The third-order valence-electron chi connectivity index (χ3n) is 5.68. The van der Waals surface area contributed by atoms with E-state index < -0.39 is 0 Å². The minimum absolute atomic E-state index is 0.0915. The summed E-state index contributed by atoms with van der Waals surface area (Å²) >= 11 is 1.27. The Balaban J connectivity index is 1.42. The van der Waals surface area contributed by atoms with Crippen molar-refractivity contribution in [3.05, 3.63) is 71.1 Å². The van der Waals surface area contributed by atoms with Crippen LogP contribution >= 0.6 is 11.8 Å². The van der Waals surface area contributed by atoms with Crippen molar-refractivity contribution >= 4 is 40.0 Å². The van der Waals surface area contributed by atoms with Crippen LogP contribution in [0.15, 0.2) is 52.2 Å². The number of nitrogens with one attached hydrogen (secondary N) is 1. The number of amides is 1. The van der Waals surface area contributed by atoms with Crippen molar-refractivity contribution in [1.29, 1.82) is 5.26 Å². The molecule has 0 aliphatic heterocycles. The van der Waals surface area contributed by atoms with E-state index in [0.717, 1.165) is 27.9 Å². The highest BCUT2D eigenvalue weighted by Gasteiger charge is 2.21. The van der Waals surface area contributed by atoms with Crippen molar-refractivity contribution in [1.82, 2.24) is 24.1 Å². The largest absolute Gasteiger partial charge is 0.467 e. The summed E-state index contributed by atoms with van der Waals surface area (Å²) in [7, 11) is 0. The molecule has 1 N–H and O–H groups in total. The van der Waals surface area contributed by atoms with Gasteiger partial charge in [0.2, 0.25) is 5.91 Å². The Kier molecular flexibility index (Phi) is 5.55. The molecule has 1 aromatic carbocycles. The second-order valence-electron chi connectivity index (χ2n) is 7.85. The minimum Gasteiger partial charge on any atom is -0.467 e. The molecule has 0 atom stereocenters. The quantitative estimate of drug-likeness (QED) is 0.291. The zero-order valence-corrected chi connectivity index (χ0v) is 19.7. The molecule has 1 amide bonds. The summed E-state index contributed by atoms with van der Waals surface area (Å²) in [5.41, 5.74) is 3.66. The van der Waals surface area contributed by atoms with Gasteiger partial charge in [0.05, 0.1) is 29.6 Å². The number of furan rings is 1. The molecule has 0 radical (unpaired) electrons. The summed E-state index contributed by atoms with van der Waals surface area (Å²) in [6.45, 7) is 6.03. The maximum absolute atomic E-state index is 13.0. The van der Waals surface area contributed by atoms with Gasteiger partial charge in [-0.25, -0.2) is 9.97 Å². The molecule has 4 heterocycles. The molecule has 5 aromatic rings. The highest BCUT2D eigenvalue weighted by Crippen LogP contribution is 2.28. The number of fused-ring (bicyclic) bond motifs is 3. The van der Waals surface area contributed by atoms with Crippen molar-refractivity contribution in [3.8, 4) is 6.07 Å². The normalized spacial score (nSPS) is 11.2. The average Bonchev–Trinajstić information content (AvgIpc) is 3.53. The maximum atomic E-state index is 13.0. The summed E-state index contributed by atoms with van der Waals surface area (Å²) in [6, 6.07) is 13.6. The van der Waals surface area contributed by atoms with Crippen LogP contribution in [0.5, 0.6) is 0 Å². The zero-order chi connectivity index (χ0) is 23.8. The van der Waals surface area contributed by atoms with Gasteiger partial charge < -0.3 is 14.3 Å². The lowest BCUT2D eigenvalue weighted by molar-refractivity contribution is -0.113. The third-order valence-corrected chi connectivity index (χ3v) is 6.61. The molecule has 9 nitrogen and oxygen atoms in total. The van der Waals surface area contributed by atoms with Gasteiger partial charge in [-0.15, -0.1) is 5.10 Å². The predicted molar refractivity (Wildman–Crippen MR) is 129 cm³/mol. The fraction of sp³-hybridized carbons (Fsp3) is 0.208. The van der Waals surface area contributed by atoms with Crippen LogP contribution in [0, 0.1) is 32.1 Å². The van der Waals surface area contributed by atoms with Gasteiger partial charge in [0, 0.05) is 11.1 Å². The molecule has 0 aliphatic carbocycles. The van der Waals surface area contributed by atoms with Crippen LogP contribution in [0.1, 0.15) is 28.4 Å². The number of para-hydroxylation sites is 1. The number of rotatable bonds is 6. The summed E-state index contributed by atoms with van der Waals surface area (Å²) < 4.78 is 9.04. The van der Waals surface area contributed by atoms with Crippen LogP contribution in [0.4, 0.5) is 5.82 Å². The Labute approximate surface area is 199 Å². The molecule has 0 spiro atoms. The zero-order valence-electron chi connectivity index (χ0n) is 18.9. The predicted octanol–water partition coefficient (Wildman–Crippen LogP) is 4.25. The van der Waals surface area contributed by atoms with Crippen LogP contribution in [-0.2, 0) is 11.3 Å². The molecule has 170 valence electrons. The van der Waals surface area contributed by atoms with Crippen molar-refractivity contribution in [2.24, 2.45) is 0 Å². The Hall–Kier alpha value is -4.10. The number of carbonyl (C=O) groups excluding carboxylic acids is 1. The molecule has 0 saturated heterocycles. The van der Waals surface area contributed by atoms with Gasteiger partial charge >= 0.3 is 0 Å². The van der Waals surface area contributed by atoms with E-state index in [1.807, 2.05) is 61.7 Å². The summed E-state index contributed by atoms with van der Waals surface area (Å²) in [4.78, 5) is 22.2. The summed E-state index contributed by atoms with van der Waals surface area (Å²) in [5.74, 6) is 1.67. The second-order valence-corrected chi connectivity index (χ2v) is 8.80. The van der Waals surface area contributed by atoms with Crippen LogP contribution in [0.3, 0.4) is 0 Å². The Morgan fingerprint density at radius 3 is 2.76 bits per heavy atom. The van der Waals surface area contributed by atoms with Gasteiger partial charge in [-0.1, -0.05) is 23.9 Å². The number of hydrogen-bond acceptors (Lipinski definition) is 7. The Morgan fingerprint density at radius 2 is 2.00 bits per heavy atom. The van der Waals surface area contributed by atoms with Crippen molar-refractivity contribution in [3.63, 3.8) is 0 Å². The van der Waals surface area contributed by atoms with Gasteiger partial charge in [-0.2, -0.15) is 9.78 Å². The smallest absolute Gasteiger partial charge is 0.235 e. The molecule has 0 aliphatic rings. The molecule has 5 rings (SSSR count). The highest BCUT2D eigenvalue weighted by atomic mass is 32.2. The fourth-order valence-corrected chi connectivity index (χ4v) is 4.66. The second kappa shape index (κ2) is 8.68. The lowest BCUT2D eigenvalue weighted by Gasteiger charge is -2.12. The number of carbonyl (C=O) groups is 1. The van der Waals surface area contributed by atoms with Crippen LogP contribution in [-0.4, -0.2) is 35.8 Å². The van der Waals surface area contributed by atoms with Crippen LogP contribution in [0.2, 0.25) is 0 Å². The van der Waals surface area contributed by atoms with Gasteiger partial charge in [0.1, 0.15) is 23.5 Å². The summed E-state index contributed by atoms with van der Waals surface area (Å²) in [5, 5.41) is 18.6. The Bertz CT molecular complexity index is 1570. The SMILES string of the molecule is Cc1nc2c3ccccc3nc(SCC(=O)Nc3c(C#N)c(C)c(C)n3Cc3ccco3)n2n1. The number of nitriles is 1. The van der Waals surface area contributed by atoms with Gasteiger partial charge in [0.25, 0.3) is 0 Å². The molecule has 0 unspecified atom stereocenters. The number of aryl methyl sites for hydroxylation is 1. The molecular formula is C24H21N7O2S. The number of aromatic nitrogens is 5. The minimum atomic E-state index is -0.250. The topological polar surface area (TPSA) is 114 Å². The fourth-order valence-electron chi connectivity index (χ4n) is 3.91. The third kappa shape index (κ3) is 3.80. The first-order valence-electron chi connectivity index (χ1n) is 10.6. The van der Waals surface area contributed by atoms with E-state index in [9.17, 15) is 10.1 Å². The number of thioether (sulfide) groups is 1. The van der Waals surface area contributed by atoms with E-state index in [1.54, 1.807) is 10.8 Å². The van der Waals surface area contributed by atoms with E-state index in [2.05, 4.69) is 26.5 Å². The molecule has 0 saturated carbocycles. The van der Waals surface area contributed by atoms with E-state index >= 15 is 0 Å². The standard InChI is InChI=1S/C24H21N7O2S/c1-14-15(2)30(12-17-7-6-10-33-17)22(19(14)11-25)28-21(32)13-34-24-27-20-9-5-4-8-18(20)23-26-16(3)29-31(23)24/h4-10H,12-13H2,1-3H3,(H,28,32). The van der Waals surface area contributed by atoms with E-state index in [4.69, 9.17) is 4.42 Å². The van der Waals surface area contributed by atoms with E-state index in [0.29, 0.717) is 34.6 Å². The molecule has 4 aromatic heterocycles. The monoisotopic (exact) mass is 471 g/mol. The van der Waals surface area contributed by atoms with E-state index in [-0.39, 0.29) is 11.7 Å². The number of anilines is 1. The lowest BCUT2D eigenvalue weighted by atomic mass is 10.2. The molecule has 0 bridgehead atoms. The van der Waals surface area contributed by atoms with E-state index in [1.165, 1.54) is 11.8 Å². The van der Waals surface area contributed by atoms with Gasteiger partial charge in [-0.05, 0) is 50.6 Å². The number of nitrogens with zero attached hydrogens (tertiary/aromatic N) is 6. The highest BCUT2D eigenvalue weighted by molar-refractivity contribution is 7.99. The number of benzene rings is 1. The first-order chi connectivity index (χ1) is 16.5. The molecule has 0 fully saturated rings. The van der Waals surface area contributed by atoms with Gasteiger partial charge in [-0.3, -0.25) is 4.79 Å². The van der Waals surface area contributed by atoms with Crippen molar-refractivity contribution in [2.75, 3.05) is 11.1 Å². The Morgan fingerprint density at radius 1 is 1.18 bits per heavy atom. The van der Waals surface area contributed by atoms with Crippen LogP contribution < -0.4 is 5.32 Å². The first kappa shape index (κ1) is 21.7. The van der Waals surface area contributed by atoms with Crippen molar-refractivity contribution in [2.45, 2.75) is 32.5 Å². The lowest BCUT2D eigenvalue weighted by Crippen LogP contribution is -2.19. The molecule has 34 heavy (non-hydrogen) atoms. The van der Waals surface area contributed by atoms with Crippen molar-refractivity contribution < 1.29 is 9.21 Å². The maximum Gasteiger partial charge on any atom is 0.235 e. The number of hydrogen-bond donors (Lipinski definition) is 1. The van der Waals surface area contributed by atoms with Gasteiger partial charge in [0.15, 0.2) is 10.8 Å². The average molecular weight is 472 g/mol. The first-order valence-corrected chi connectivity index (χ1v) is 11.6. The molecule has 10 heteroatoms.